The first-order valence-electron chi connectivity index (χ1n) is 11.7. The van der Waals surface area contributed by atoms with E-state index in [-0.39, 0.29) is 23.7 Å². The minimum atomic E-state index is -0.114. The number of nitrogens with one attached hydrogen (secondary N) is 1. The molecule has 0 spiro atoms. The molecule has 4 aromatic rings. The summed E-state index contributed by atoms with van der Waals surface area (Å²) < 4.78 is 11.6. The number of aryl methyl sites for hydroxylation is 1. The van der Waals surface area contributed by atoms with Crippen molar-refractivity contribution in [1.82, 2.24) is 34.3 Å². The average Bonchev–Trinajstić information content (AvgIpc) is 3.43. The van der Waals surface area contributed by atoms with E-state index in [1.54, 1.807) is 10.7 Å². The monoisotopic (exact) mass is 462 g/mol. The minimum absolute atomic E-state index is 0.00844. The number of hydrogen-bond donors (Lipinski definition) is 1. The van der Waals surface area contributed by atoms with Crippen LogP contribution in [-0.2, 0) is 7.05 Å². The lowest BCUT2D eigenvalue weighted by Gasteiger charge is -2.29. The van der Waals surface area contributed by atoms with Crippen LogP contribution in [-0.4, -0.2) is 47.5 Å². The molecule has 10 heteroatoms. The Morgan fingerprint density at radius 3 is 2.59 bits per heavy atom. The summed E-state index contributed by atoms with van der Waals surface area (Å²) in [6.07, 6.45) is 9.43. The molecular formula is C24H30N8O2. The van der Waals surface area contributed by atoms with Crippen molar-refractivity contribution >= 4 is 16.7 Å². The Hall–Kier alpha value is -3.69. The molecule has 1 saturated carbocycles. The Bertz CT molecular complexity index is 1360. The Balaban J connectivity index is 1.37. The Morgan fingerprint density at radius 2 is 1.91 bits per heavy atom. The van der Waals surface area contributed by atoms with Gasteiger partial charge in [-0.3, -0.25) is 14.2 Å². The Morgan fingerprint density at radius 1 is 1.12 bits per heavy atom. The molecule has 10 nitrogen and oxygen atoms in total. The topological polar surface area (TPSA) is 105 Å². The molecule has 1 fully saturated rings. The van der Waals surface area contributed by atoms with Crippen LogP contribution in [0.25, 0.3) is 22.2 Å². The standard InChI is InChI=1S/C24H30N8O2/c1-15(2)31-23(33)10-9-22(28-31)34-18-7-5-17(6-8-18)32-20-11-21(25-3)26-13-19(20)24(29-32)16-12-27-30(4)14-16/h9-15,17-18H,5-8H2,1-4H3,(H,25,26). The third kappa shape index (κ3) is 4.15. The molecule has 0 bridgehead atoms. The van der Waals surface area contributed by atoms with Crippen molar-refractivity contribution in [3.63, 3.8) is 0 Å². The molecule has 0 amide bonds. The fourth-order valence-corrected chi connectivity index (χ4v) is 4.62. The third-order valence-corrected chi connectivity index (χ3v) is 6.39. The van der Waals surface area contributed by atoms with Gasteiger partial charge in [-0.15, -0.1) is 5.10 Å². The van der Waals surface area contributed by atoms with Crippen LogP contribution < -0.4 is 15.6 Å². The highest BCUT2D eigenvalue weighted by Crippen LogP contribution is 2.36. The Labute approximate surface area is 197 Å². The average molecular weight is 463 g/mol. The Kier molecular flexibility index (Phi) is 5.80. The first kappa shape index (κ1) is 22.1. The summed E-state index contributed by atoms with van der Waals surface area (Å²) in [6, 6.07) is 5.50. The summed E-state index contributed by atoms with van der Waals surface area (Å²) in [7, 11) is 3.78. The van der Waals surface area contributed by atoms with Crippen LogP contribution in [0.3, 0.4) is 0 Å². The molecule has 1 N–H and O–H groups in total. The number of anilines is 1. The lowest BCUT2D eigenvalue weighted by Crippen LogP contribution is -2.28. The van der Waals surface area contributed by atoms with E-state index in [0.717, 1.165) is 53.7 Å². The van der Waals surface area contributed by atoms with E-state index in [1.165, 1.54) is 10.7 Å². The minimum Gasteiger partial charge on any atom is -0.473 e. The maximum absolute atomic E-state index is 12.0. The van der Waals surface area contributed by atoms with Gasteiger partial charge >= 0.3 is 0 Å². The summed E-state index contributed by atoms with van der Waals surface area (Å²) in [5, 5.41) is 17.9. The van der Waals surface area contributed by atoms with E-state index >= 15 is 0 Å². The van der Waals surface area contributed by atoms with Crippen molar-refractivity contribution in [1.29, 1.82) is 0 Å². The number of nitrogens with zero attached hydrogens (tertiary/aromatic N) is 7. The molecule has 5 rings (SSSR count). The van der Waals surface area contributed by atoms with Crippen LogP contribution in [0.5, 0.6) is 5.88 Å². The summed E-state index contributed by atoms with van der Waals surface area (Å²) in [5.41, 5.74) is 2.83. The summed E-state index contributed by atoms with van der Waals surface area (Å²) in [4.78, 5) is 16.5. The first-order valence-corrected chi connectivity index (χ1v) is 11.7. The second-order valence-corrected chi connectivity index (χ2v) is 9.13. The first-order chi connectivity index (χ1) is 16.4. The lowest BCUT2D eigenvalue weighted by atomic mass is 9.93. The van der Waals surface area contributed by atoms with E-state index < -0.39 is 0 Å². The maximum Gasteiger partial charge on any atom is 0.267 e. The van der Waals surface area contributed by atoms with E-state index in [9.17, 15) is 4.79 Å². The summed E-state index contributed by atoms with van der Waals surface area (Å²) in [5.74, 6) is 1.32. The van der Waals surface area contributed by atoms with Crippen molar-refractivity contribution in [2.45, 2.75) is 57.7 Å². The van der Waals surface area contributed by atoms with Gasteiger partial charge in [-0.1, -0.05) is 0 Å². The van der Waals surface area contributed by atoms with Crippen LogP contribution in [0.2, 0.25) is 0 Å². The van der Waals surface area contributed by atoms with Crippen molar-refractivity contribution in [3.05, 3.63) is 47.1 Å². The predicted octanol–water partition coefficient (Wildman–Crippen LogP) is 3.57. The smallest absolute Gasteiger partial charge is 0.267 e. The fraction of sp³-hybridized carbons (Fsp3) is 0.458. The highest BCUT2D eigenvalue weighted by Gasteiger charge is 2.27. The molecule has 0 radical (unpaired) electrons. The number of rotatable bonds is 6. The van der Waals surface area contributed by atoms with Crippen LogP contribution in [0.1, 0.15) is 51.6 Å². The van der Waals surface area contributed by atoms with Gasteiger partial charge in [0.05, 0.1) is 23.8 Å². The zero-order chi connectivity index (χ0) is 23.8. The molecule has 34 heavy (non-hydrogen) atoms. The maximum atomic E-state index is 12.0. The molecule has 178 valence electrons. The van der Waals surface area contributed by atoms with Crippen molar-refractivity contribution in [2.24, 2.45) is 7.05 Å². The molecule has 0 unspecified atom stereocenters. The van der Waals surface area contributed by atoms with Crippen LogP contribution in [0.15, 0.2) is 41.6 Å². The third-order valence-electron chi connectivity index (χ3n) is 6.39. The number of aromatic nitrogens is 7. The number of ether oxygens (including phenoxy) is 1. The molecule has 0 aromatic carbocycles. The van der Waals surface area contributed by atoms with Gasteiger partial charge in [0.2, 0.25) is 5.88 Å². The van der Waals surface area contributed by atoms with Crippen molar-refractivity contribution < 1.29 is 4.74 Å². The molecule has 0 saturated heterocycles. The number of pyridine rings is 1. The van der Waals surface area contributed by atoms with E-state index in [1.807, 2.05) is 46.5 Å². The second kappa shape index (κ2) is 8.92. The molecule has 1 aliphatic rings. The fourth-order valence-electron chi connectivity index (χ4n) is 4.62. The van der Waals surface area contributed by atoms with Gasteiger partial charge in [0.25, 0.3) is 5.56 Å². The van der Waals surface area contributed by atoms with Crippen LogP contribution >= 0.6 is 0 Å². The number of hydrogen-bond acceptors (Lipinski definition) is 7. The molecule has 4 heterocycles. The van der Waals surface area contributed by atoms with Crippen LogP contribution in [0, 0.1) is 0 Å². The lowest BCUT2D eigenvalue weighted by molar-refractivity contribution is 0.122. The van der Waals surface area contributed by atoms with Gasteiger partial charge in [0.1, 0.15) is 17.6 Å². The van der Waals surface area contributed by atoms with Gasteiger partial charge in [0.15, 0.2) is 0 Å². The summed E-state index contributed by atoms with van der Waals surface area (Å²) in [6.45, 7) is 3.87. The van der Waals surface area contributed by atoms with E-state index in [0.29, 0.717) is 5.88 Å². The highest BCUT2D eigenvalue weighted by molar-refractivity contribution is 5.93. The molecular weight excluding hydrogens is 432 g/mol. The van der Waals surface area contributed by atoms with Gasteiger partial charge in [-0.2, -0.15) is 10.2 Å². The molecule has 0 aliphatic heterocycles. The normalized spacial score (nSPS) is 18.5. The van der Waals surface area contributed by atoms with Crippen LogP contribution in [0.4, 0.5) is 5.82 Å². The summed E-state index contributed by atoms with van der Waals surface area (Å²) >= 11 is 0. The molecule has 4 aromatic heterocycles. The second-order valence-electron chi connectivity index (χ2n) is 9.13. The molecule has 0 atom stereocenters. The van der Waals surface area contributed by atoms with Gasteiger partial charge in [-0.25, -0.2) is 9.67 Å². The van der Waals surface area contributed by atoms with Crippen molar-refractivity contribution in [2.75, 3.05) is 12.4 Å². The zero-order valence-electron chi connectivity index (χ0n) is 20.0. The van der Waals surface area contributed by atoms with E-state index in [4.69, 9.17) is 9.84 Å². The quantitative estimate of drug-likeness (QED) is 0.467. The van der Waals surface area contributed by atoms with E-state index in [2.05, 4.69) is 31.2 Å². The predicted molar refractivity (Wildman–Crippen MR) is 130 cm³/mol. The van der Waals surface area contributed by atoms with Gasteiger partial charge in [0, 0.05) is 55.6 Å². The number of fused-ring (bicyclic) bond motifs is 1. The highest BCUT2D eigenvalue weighted by atomic mass is 16.5. The van der Waals surface area contributed by atoms with Crippen molar-refractivity contribution in [3.8, 4) is 17.1 Å². The van der Waals surface area contributed by atoms with Gasteiger partial charge in [-0.05, 0) is 39.5 Å². The van der Waals surface area contributed by atoms with Gasteiger partial charge < -0.3 is 10.1 Å². The molecule has 1 aliphatic carbocycles. The zero-order valence-corrected chi connectivity index (χ0v) is 20.0. The largest absolute Gasteiger partial charge is 0.473 e. The SMILES string of the molecule is CNc1cc2c(cn1)c(-c1cnn(C)c1)nn2C1CCC(Oc2ccc(=O)n(C(C)C)n2)CC1.